The van der Waals surface area contributed by atoms with Gasteiger partial charge < -0.3 is 9.30 Å². The first-order chi connectivity index (χ1) is 7.11. The van der Waals surface area contributed by atoms with Crippen LogP contribution in [0, 0.1) is 0 Å². The van der Waals surface area contributed by atoms with Crippen LogP contribution in [0.1, 0.15) is 23.8 Å². The minimum atomic E-state index is 0.0178. The first-order valence-corrected chi connectivity index (χ1v) is 4.98. The van der Waals surface area contributed by atoms with Crippen LogP contribution in [0.15, 0.2) is 30.5 Å². The fraction of sp³-hybridized carbons (Fsp3) is 0.417. The van der Waals surface area contributed by atoms with Crippen LogP contribution in [0.2, 0.25) is 0 Å². The monoisotopic (exact) mass is 207 g/mol. The van der Waals surface area contributed by atoms with E-state index in [9.17, 15) is 4.79 Å². The minimum Gasteiger partial charge on any atom is -0.373 e. The van der Waals surface area contributed by atoms with Crippen LogP contribution in [0.4, 0.5) is 0 Å². The first-order valence-electron chi connectivity index (χ1n) is 4.98. The lowest BCUT2D eigenvalue weighted by Gasteiger charge is -2.04. The molecular weight excluding hydrogens is 190 g/mol. The zero-order valence-electron chi connectivity index (χ0n) is 9.32. The summed E-state index contributed by atoms with van der Waals surface area (Å²) in [6, 6.07) is 3.64. The molecule has 0 bridgehead atoms. The number of hydrogen-bond acceptors (Lipinski definition) is 2. The van der Waals surface area contributed by atoms with Gasteiger partial charge in [0.1, 0.15) is 6.61 Å². The minimum absolute atomic E-state index is 0.0178. The molecule has 1 aromatic heterocycles. The summed E-state index contributed by atoms with van der Waals surface area (Å²) in [4.78, 5) is 11.6. The molecule has 0 saturated heterocycles. The molecule has 0 radical (unpaired) electrons. The summed E-state index contributed by atoms with van der Waals surface area (Å²) in [5.74, 6) is 0.0178. The van der Waals surface area contributed by atoms with Crippen molar-refractivity contribution >= 4 is 5.78 Å². The van der Waals surface area contributed by atoms with E-state index >= 15 is 0 Å². The lowest BCUT2D eigenvalue weighted by molar-refractivity contribution is 0.0757. The zero-order chi connectivity index (χ0) is 11.3. The van der Waals surface area contributed by atoms with Gasteiger partial charge >= 0.3 is 0 Å². The Kier molecular flexibility index (Phi) is 4.31. The SMILES string of the molecule is C=C(C)CCOCC(=O)c1cccn1C. The van der Waals surface area contributed by atoms with Gasteiger partial charge in [-0.1, -0.05) is 5.57 Å². The summed E-state index contributed by atoms with van der Waals surface area (Å²) in [5, 5.41) is 0. The van der Waals surface area contributed by atoms with Crippen LogP contribution < -0.4 is 0 Å². The van der Waals surface area contributed by atoms with Gasteiger partial charge in [-0.05, 0) is 25.5 Å². The van der Waals surface area contributed by atoms with Gasteiger partial charge in [0.15, 0.2) is 0 Å². The highest BCUT2D eigenvalue weighted by molar-refractivity contribution is 5.95. The lowest BCUT2D eigenvalue weighted by atomic mass is 10.2. The standard InChI is InChI=1S/C12H17NO2/c1-10(2)6-8-15-9-12(14)11-5-4-7-13(11)3/h4-5,7H,1,6,8-9H2,2-3H3. The largest absolute Gasteiger partial charge is 0.373 e. The Hall–Kier alpha value is -1.35. The van der Waals surface area contributed by atoms with Crippen LogP contribution in [0.25, 0.3) is 0 Å². The van der Waals surface area contributed by atoms with E-state index in [0.717, 1.165) is 12.0 Å². The van der Waals surface area contributed by atoms with E-state index in [1.807, 2.05) is 26.2 Å². The van der Waals surface area contributed by atoms with Crippen molar-refractivity contribution < 1.29 is 9.53 Å². The summed E-state index contributed by atoms with van der Waals surface area (Å²) >= 11 is 0. The number of aryl methyl sites for hydroxylation is 1. The average Bonchev–Trinajstić information content (AvgIpc) is 2.58. The number of Topliss-reactive ketones (excluding diaryl/α,β-unsaturated/α-hetero) is 1. The smallest absolute Gasteiger partial charge is 0.204 e. The molecule has 15 heavy (non-hydrogen) atoms. The zero-order valence-corrected chi connectivity index (χ0v) is 9.32. The molecule has 0 aliphatic heterocycles. The maximum atomic E-state index is 11.6. The summed E-state index contributed by atoms with van der Waals surface area (Å²) in [7, 11) is 1.85. The van der Waals surface area contributed by atoms with Crippen molar-refractivity contribution in [3.05, 3.63) is 36.2 Å². The maximum Gasteiger partial charge on any atom is 0.204 e. The van der Waals surface area contributed by atoms with Crippen molar-refractivity contribution in [3.8, 4) is 0 Å². The van der Waals surface area contributed by atoms with Gasteiger partial charge in [-0.2, -0.15) is 0 Å². The Morgan fingerprint density at radius 3 is 2.87 bits per heavy atom. The van der Waals surface area contributed by atoms with Gasteiger partial charge in [0.05, 0.1) is 12.3 Å². The number of carbonyl (C=O) groups excluding carboxylic acids is 1. The number of nitrogens with zero attached hydrogens (tertiary/aromatic N) is 1. The van der Waals surface area contributed by atoms with Crippen LogP contribution in [-0.2, 0) is 11.8 Å². The number of rotatable bonds is 6. The van der Waals surface area contributed by atoms with Crippen molar-refractivity contribution in [2.24, 2.45) is 7.05 Å². The Bertz CT molecular complexity index is 352. The Morgan fingerprint density at radius 2 is 2.33 bits per heavy atom. The van der Waals surface area contributed by atoms with E-state index in [2.05, 4.69) is 6.58 Å². The lowest BCUT2D eigenvalue weighted by Crippen LogP contribution is -2.13. The van der Waals surface area contributed by atoms with Crippen LogP contribution in [0.3, 0.4) is 0 Å². The number of ketones is 1. The second kappa shape index (κ2) is 5.51. The van der Waals surface area contributed by atoms with Crippen molar-refractivity contribution in [1.29, 1.82) is 0 Å². The molecular formula is C12H17NO2. The summed E-state index contributed by atoms with van der Waals surface area (Å²) in [6.07, 6.45) is 2.65. The summed E-state index contributed by atoms with van der Waals surface area (Å²) in [6.45, 7) is 6.42. The van der Waals surface area contributed by atoms with E-state index < -0.39 is 0 Å². The Labute approximate surface area is 90.4 Å². The molecule has 1 aromatic rings. The number of hydrogen-bond donors (Lipinski definition) is 0. The second-order valence-corrected chi connectivity index (χ2v) is 3.69. The van der Waals surface area contributed by atoms with Gasteiger partial charge in [0.25, 0.3) is 0 Å². The molecule has 0 aliphatic rings. The van der Waals surface area contributed by atoms with Crippen LogP contribution in [-0.4, -0.2) is 23.6 Å². The molecule has 0 unspecified atom stereocenters. The molecule has 82 valence electrons. The molecule has 0 saturated carbocycles. The molecule has 1 heterocycles. The molecule has 0 amide bonds. The van der Waals surface area contributed by atoms with Crippen molar-refractivity contribution in [3.63, 3.8) is 0 Å². The van der Waals surface area contributed by atoms with E-state index in [1.54, 1.807) is 10.6 Å². The van der Waals surface area contributed by atoms with Crippen LogP contribution in [0.5, 0.6) is 0 Å². The average molecular weight is 207 g/mol. The molecule has 0 fully saturated rings. The van der Waals surface area contributed by atoms with Gasteiger partial charge in [0, 0.05) is 13.2 Å². The van der Waals surface area contributed by atoms with E-state index in [4.69, 9.17) is 4.74 Å². The topological polar surface area (TPSA) is 31.2 Å². The fourth-order valence-corrected chi connectivity index (χ4v) is 1.24. The second-order valence-electron chi connectivity index (χ2n) is 3.69. The number of carbonyl (C=O) groups is 1. The Morgan fingerprint density at radius 1 is 1.60 bits per heavy atom. The highest BCUT2D eigenvalue weighted by Crippen LogP contribution is 2.02. The molecule has 0 atom stereocenters. The van der Waals surface area contributed by atoms with Gasteiger partial charge in [0.2, 0.25) is 5.78 Å². The highest BCUT2D eigenvalue weighted by Gasteiger charge is 2.08. The van der Waals surface area contributed by atoms with Crippen LogP contribution >= 0.6 is 0 Å². The molecule has 3 nitrogen and oxygen atoms in total. The highest BCUT2D eigenvalue weighted by atomic mass is 16.5. The molecule has 1 rings (SSSR count). The van der Waals surface area contributed by atoms with E-state index in [-0.39, 0.29) is 12.4 Å². The molecule has 0 spiro atoms. The van der Waals surface area contributed by atoms with Gasteiger partial charge in [-0.3, -0.25) is 4.79 Å². The number of ether oxygens (including phenoxy) is 1. The molecule has 0 aliphatic carbocycles. The van der Waals surface area contributed by atoms with E-state index in [0.29, 0.717) is 12.3 Å². The normalized spacial score (nSPS) is 10.3. The summed E-state index contributed by atoms with van der Waals surface area (Å²) in [5.41, 5.74) is 1.76. The summed E-state index contributed by atoms with van der Waals surface area (Å²) < 4.78 is 7.06. The molecule has 0 N–H and O–H groups in total. The van der Waals surface area contributed by atoms with Gasteiger partial charge in [-0.25, -0.2) is 0 Å². The van der Waals surface area contributed by atoms with E-state index in [1.165, 1.54) is 0 Å². The molecule has 3 heteroatoms. The van der Waals surface area contributed by atoms with Gasteiger partial charge in [-0.15, -0.1) is 6.58 Å². The third kappa shape index (κ3) is 3.72. The van der Waals surface area contributed by atoms with Crippen molar-refractivity contribution in [1.82, 2.24) is 4.57 Å². The van der Waals surface area contributed by atoms with Crippen molar-refractivity contribution in [2.45, 2.75) is 13.3 Å². The quantitative estimate of drug-likeness (QED) is 0.407. The van der Waals surface area contributed by atoms with Crippen molar-refractivity contribution in [2.75, 3.05) is 13.2 Å². The first kappa shape index (κ1) is 11.7. The predicted octanol–water partition coefficient (Wildman–Crippen LogP) is 2.19. The maximum absolute atomic E-state index is 11.6. The predicted molar refractivity (Wildman–Crippen MR) is 60.0 cm³/mol. The number of aromatic nitrogens is 1. The third-order valence-corrected chi connectivity index (χ3v) is 2.14. The Balaban J connectivity index is 2.31. The third-order valence-electron chi connectivity index (χ3n) is 2.14. The molecule has 0 aromatic carbocycles. The fourth-order valence-electron chi connectivity index (χ4n) is 1.24.